The molecule has 0 bridgehead atoms. The number of aryl methyl sites for hydroxylation is 3. The monoisotopic (exact) mass is 393 g/mol. The van der Waals surface area contributed by atoms with Crippen LogP contribution in [0.1, 0.15) is 22.5 Å². The number of fused-ring (bicyclic) bond motifs is 1. The highest BCUT2D eigenvalue weighted by atomic mass is 35.5. The summed E-state index contributed by atoms with van der Waals surface area (Å²) in [4.78, 5) is 4.78. The van der Waals surface area contributed by atoms with Crippen LogP contribution in [0.2, 0.25) is 5.02 Å². The lowest BCUT2D eigenvalue weighted by molar-refractivity contribution is 0.821. The zero-order chi connectivity index (χ0) is 19.0. The first-order chi connectivity index (χ1) is 13.0. The lowest BCUT2D eigenvalue weighted by Crippen LogP contribution is -1.97. The van der Waals surface area contributed by atoms with Crippen LogP contribution in [0.25, 0.3) is 16.8 Å². The maximum atomic E-state index is 6.05. The number of rotatable bonds is 4. The molecule has 2 aromatic heterocycles. The van der Waals surface area contributed by atoms with E-state index in [1.165, 1.54) is 11.1 Å². The molecule has 0 amide bonds. The van der Waals surface area contributed by atoms with E-state index < -0.39 is 0 Å². The Kier molecular flexibility index (Phi) is 4.94. The number of hydrogen-bond acceptors (Lipinski definition) is 3. The maximum Gasteiger partial charge on any atom is 0.164 e. The van der Waals surface area contributed by atoms with Crippen molar-refractivity contribution in [1.82, 2.24) is 14.6 Å². The van der Waals surface area contributed by atoms with Crippen LogP contribution in [-0.2, 0) is 5.75 Å². The second-order valence-corrected chi connectivity index (χ2v) is 8.14. The molecule has 2 heterocycles. The molecule has 4 rings (SSSR count). The van der Waals surface area contributed by atoms with Gasteiger partial charge in [-0.05, 0) is 50.1 Å². The van der Waals surface area contributed by atoms with E-state index in [2.05, 4.69) is 37.3 Å². The van der Waals surface area contributed by atoms with Gasteiger partial charge in [-0.1, -0.05) is 53.6 Å². The van der Waals surface area contributed by atoms with Crippen LogP contribution in [0, 0.1) is 20.8 Å². The average Bonchev–Trinajstić information content (AvgIpc) is 2.98. The third-order valence-electron chi connectivity index (χ3n) is 4.50. The molecule has 136 valence electrons. The highest BCUT2D eigenvalue weighted by Gasteiger charge is 2.16. The third-order valence-corrected chi connectivity index (χ3v) is 5.82. The van der Waals surface area contributed by atoms with Crippen LogP contribution in [0.4, 0.5) is 0 Å². The molecule has 0 fully saturated rings. The molecule has 0 aliphatic rings. The molecule has 0 atom stereocenters. The SMILES string of the molecule is Cc1ccc(CSc2cc(C)nc3c(-c4ccc(Cl)cc4)c(C)nn23)cc1. The molecule has 2 aromatic carbocycles. The summed E-state index contributed by atoms with van der Waals surface area (Å²) < 4.78 is 1.96. The minimum absolute atomic E-state index is 0.728. The van der Waals surface area contributed by atoms with E-state index in [9.17, 15) is 0 Å². The Morgan fingerprint density at radius 1 is 0.963 bits per heavy atom. The fraction of sp³-hybridized carbons (Fsp3) is 0.182. The minimum Gasteiger partial charge on any atom is -0.233 e. The molecule has 0 radical (unpaired) electrons. The molecular weight excluding hydrogens is 374 g/mol. The summed E-state index contributed by atoms with van der Waals surface area (Å²) in [6.45, 7) is 6.17. The van der Waals surface area contributed by atoms with E-state index in [-0.39, 0.29) is 0 Å². The van der Waals surface area contributed by atoms with Gasteiger partial charge >= 0.3 is 0 Å². The van der Waals surface area contributed by atoms with Crippen LogP contribution in [0.5, 0.6) is 0 Å². The van der Waals surface area contributed by atoms with Crippen molar-refractivity contribution in [3.05, 3.63) is 82.1 Å². The van der Waals surface area contributed by atoms with Gasteiger partial charge in [0, 0.05) is 22.0 Å². The van der Waals surface area contributed by atoms with Gasteiger partial charge in [0.1, 0.15) is 5.03 Å². The molecule has 0 saturated heterocycles. The topological polar surface area (TPSA) is 30.2 Å². The van der Waals surface area contributed by atoms with Gasteiger partial charge in [0.2, 0.25) is 0 Å². The van der Waals surface area contributed by atoms with E-state index in [1.54, 1.807) is 11.8 Å². The van der Waals surface area contributed by atoms with Gasteiger partial charge in [0.15, 0.2) is 5.65 Å². The second-order valence-electron chi connectivity index (χ2n) is 6.71. The smallest absolute Gasteiger partial charge is 0.164 e. The highest BCUT2D eigenvalue weighted by Crippen LogP contribution is 2.32. The first-order valence-corrected chi connectivity index (χ1v) is 10.2. The standard InChI is InChI=1S/C22H20ClN3S/c1-14-4-6-17(7-5-14)13-27-20-12-15(2)24-22-21(16(3)25-26(20)22)18-8-10-19(23)11-9-18/h4-12H,13H2,1-3H3. The van der Waals surface area contributed by atoms with E-state index in [0.29, 0.717) is 0 Å². The second kappa shape index (κ2) is 7.37. The zero-order valence-electron chi connectivity index (χ0n) is 15.5. The van der Waals surface area contributed by atoms with Gasteiger partial charge in [-0.2, -0.15) is 5.10 Å². The largest absolute Gasteiger partial charge is 0.233 e. The Morgan fingerprint density at radius 2 is 1.67 bits per heavy atom. The molecule has 4 aromatic rings. The summed E-state index contributed by atoms with van der Waals surface area (Å²) >= 11 is 7.83. The molecule has 0 aliphatic carbocycles. The lowest BCUT2D eigenvalue weighted by Gasteiger charge is -2.07. The van der Waals surface area contributed by atoms with Gasteiger partial charge < -0.3 is 0 Å². The van der Waals surface area contributed by atoms with Crippen LogP contribution < -0.4 is 0 Å². The fourth-order valence-electron chi connectivity index (χ4n) is 3.11. The molecule has 3 nitrogen and oxygen atoms in total. The zero-order valence-corrected chi connectivity index (χ0v) is 17.1. The van der Waals surface area contributed by atoms with Gasteiger partial charge in [-0.25, -0.2) is 9.50 Å². The summed E-state index contributed by atoms with van der Waals surface area (Å²) in [5.41, 5.74) is 7.57. The number of aromatic nitrogens is 3. The van der Waals surface area contributed by atoms with E-state index in [0.717, 1.165) is 44.0 Å². The van der Waals surface area contributed by atoms with Gasteiger partial charge in [0.05, 0.1) is 5.69 Å². The van der Waals surface area contributed by atoms with Gasteiger partial charge in [0.25, 0.3) is 0 Å². The summed E-state index contributed by atoms with van der Waals surface area (Å²) in [6.07, 6.45) is 0. The Balaban J connectivity index is 1.75. The first kappa shape index (κ1) is 18.1. The Labute approximate surface area is 168 Å². The highest BCUT2D eigenvalue weighted by molar-refractivity contribution is 7.98. The molecule has 0 N–H and O–H groups in total. The number of benzene rings is 2. The lowest BCUT2D eigenvalue weighted by atomic mass is 10.1. The van der Waals surface area contributed by atoms with Crippen LogP contribution in [0.15, 0.2) is 59.6 Å². The van der Waals surface area contributed by atoms with E-state index in [4.69, 9.17) is 21.7 Å². The predicted molar refractivity (Wildman–Crippen MR) is 114 cm³/mol. The number of halogens is 1. The van der Waals surface area contributed by atoms with Crippen molar-refractivity contribution in [2.75, 3.05) is 0 Å². The van der Waals surface area contributed by atoms with Gasteiger partial charge in [-0.15, -0.1) is 11.8 Å². The van der Waals surface area contributed by atoms with Crippen molar-refractivity contribution in [3.63, 3.8) is 0 Å². The quantitative estimate of drug-likeness (QED) is 0.302. The summed E-state index contributed by atoms with van der Waals surface area (Å²) in [7, 11) is 0. The summed E-state index contributed by atoms with van der Waals surface area (Å²) in [5.74, 6) is 0.897. The van der Waals surface area contributed by atoms with Crippen LogP contribution in [0.3, 0.4) is 0 Å². The minimum atomic E-state index is 0.728. The van der Waals surface area contributed by atoms with E-state index >= 15 is 0 Å². The number of nitrogens with zero attached hydrogens (tertiary/aromatic N) is 3. The van der Waals surface area contributed by atoms with Gasteiger partial charge in [-0.3, -0.25) is 0 Å². The van der Waals surface area contributed by atoms with Crippen LogP contribution >= 0.6 is 23.4 Å². The predicted octanol–water partition coefficient (Wildman–Crippen LogP) is 6.27. The van der Waals surface area contributed by atoms with Crippen molar-refractivity contribution in [2.45, 2.75) is 31.6 Å². The van der Waals surface area contributed by atoms with Crippen molar-refractivity contribution in [3.8, 4) is 11.1 Å². The normalized spacial score (nSPS) is 11.3. The molecule has 0 saturated carbocycles. The van der Waals surface area contributed by atoms with Crippen molar-refractivity contribution >= 4 is 29.0 Å². The summed E-state index contributed by atoms with van der Waals surface area (Å²) in [5, 5.41) is 6.61. The first-order valence-electron chi connectivity index (χ1n) is 8.82. The van der Waals surface area contributed by atoms with Crippen molar-refractivity contribution in [1.29, 1.82) is 0 Å². The summed E-state index contributed by atoms with van der Waals surface area (Å²) in [6, 6.07) is 18.6. The molecule has 5 heteroatoms. The van der Waals surface area contributed by atoms with Crippen molar-refractivity contribution < 1.29 is 0 Å². The molecule has 0 aliphatic heterocycles. The molecule has 0 unspecified atom stereocenters. The molecular formula is C22H20ClN3S. The maximum absolute atomic E-state index is 6.05. The van der Waals surface area contributed by atoms with E-state index in [1.807, 2.05) is 42.6 Å². The third kappa shape index (κ3) is 3.73. The number of thioether (sulfide) groups is 1. The molecule has 0 spiro atoms. The Morgan fingerprint density at radius 3 is 2.37 bits per heavy atom. The van der Waals surface area contributed by atoms with Crippen molar-refractivity contribution in [2.24, 2.45) is 0 Å². The Hall–Kier alpha value is -2.30. The van der Waals surface area contributed by atoms with Crippen LogP contribution in [-0.4, -0.2) is 14.6 Å². The fourth-order valence-corrected chi connectivity index (χ4v) is 4.25. The Bertz CT molecular complexity index is 1100. The number of hydrogen-bond donors (Lipinski definition) is 0. The molecule has 27 heavy (non-hydrogen) atoms. The average molecular weight is 394 g/mol.